The quantitative estimate of drug-likeness (QED) is 0.415. The van der Waals surface area contributed by atoms with Crippen LogP contribution in [-0.4, -0.2) is 0 Å². The van der Waals surface area contributed by atoms with Crippen LogP contribution in [-0.2, 0) is 0 Å². The molecule has 0 unspecified atom stereocenters. The van der Waals surface area contributed by atoms with Gasteiger partial charge in [0.05, 0.1) is 0 Å². The Bertz CT molecular complexity index is 143. The highest BCUT2D eigenvalue weighted by atomic mass is 32.2. The van der Waals surface area contributed by atoms with Gasteiger partial charge in [0.15, 0.2) is 0 Å². The molecule has 0 bridgehead atoms. The summed E-state index contributed by atoms with van der Waals surface area (Å²) in [6, 6.07) is 0. The highest BCUT2D eigenvalue weighted by Crippen LogP contribution is 2.16. The second-order valence-corrected chi connectivity index (χ2v) is 2.15. The topological polar surface area (TPSA) is 0 Å². The summed E-state index contributed by atoms with van der Waals surface area (Å²) in [7, 11) is 0. The molecule has 1 aliphatic rings. The third-order valence-corrected chi connectivity index (χ3v) is 1.23. The number of hydrogen-bond acceptors (Lipinski definition) is 1. The Labute approximate surface area is 41.2 Å². The molecule has 0 aromatic carbocycles. The van der Waals surface area contributed by atoms with Crippen LogP contribution < -0.4 is 0 Å². The van der Waals surface area contributed by atoms with E-state index in [9.17, 15) is 0 Å². The summed E-state index contributed by atoms with van der Waals surface area (Å²) in [6.07, 6.45) is 0. The molecule has 1 aliphatic heterocycles. The van der Waals surface area contributed by atoms with Gasteiger partial charge in [0.2, 0.25) is 0 Å². The molecule has 0 aliphatic carbocycles. The highest BCUT2D eigenvalue weighted by Gasteiger charge is 1.83. The SMILES string of the molecule is CC1=C=C=CS1. The minimum atomic E-state index is 1.20. The standard InChI is InChI=1S/C5H4S/c1-5-3-2-4-6-5/h4H,1H3. The molecule has 0 aromatic rings. The Morgan fingerprint density at radius 3 is 2.83 bits per heavy atom. The van der Waals surface area contributed by atoms with Crippen LogP contribution in [0.5, 0.6) is 0 Å². The summed E-state index contributed by atoms with van der Waals surface area (Å²) in [5, 5.41) is 1.90. The smallest absolute Gasteiger partial charge is 0.0369 e. The van der Waals surface area contributed by atoms with E-state index in [0.717, 1.165) is 0 Å². The monoisotopic (exact) mass is 96.0 g/mol. The lowest BCUT2D eigenvalue weighted by atomic mass is 10.7. The molecular formula is C5H4S. The zero-order valence-corrected chi connectivity index (χ0v) is 4.30. The van der Waals surface area contributed by atoms with Crippen LogP contribution >= 0.6 is 11.8 Å². The lowest BCUT2D eigenvalue weighted by Gasteiger charge is -1.75. The van der Waals surface area contributed by atoms with E-state index in [0.29, 0.717) is 0 Å². The number of allylic oxidation sites excluding steroid dienone is 1. The van der Waals surface area contributed by atoms with E-state index >= 15 is 0 Å². The third kappa shape index (κ3) is 0.580. The molecule has 0 fully saturated rings. The Morgan fingerprint density at radius 1 is 1.83 bits per heavy atom. The predicted molar refractivity (Wildman–Crippen MR) is 28.4 cm³/mol. The predicted octanol–water partition coefficient (Wildman–Crippen LogP) is 1.90. The maximum atomic E-state index is 2.89. The minimum Gasteiger partial charge on any atom is -0.0845 e. The molecule has 0 spiro atoms. The molecule has 0 N–H and O–H groups in total. The minimum absolute atomic E-state index is 1.20. The summed E-state index contributed by atoms with van der Waals surface area (Å²) in [5.41, 5.74) is 5.72. The van der Waals surface area contributed by atoms with E-state index in [1.165, 1.54) is 4.91 Å². The molecule has 0 radical (unpaired) electrons. The summed E-state index contributed by atoms with van der Waals surface area (Å²) in [5.74, 6) is 0. The summed E-state index contributed by atoms with van der Waals surface area (Å²) in [6.45, 7) is 2.02. The average molecular weight is 96.2 g/mol. The van der Waals surface area contributed by atoms with E-state index in [1.807, 2.05) is 12.3 Å². The Balaban J connectivity index is 3.07. The summed E-state index contributed by atoms with van der Waals surface area (Å²) in [4.78, 5) is 1.20. The molecule has 0 nitrogen and oxygen atoms in total. The van der Waals surface area contributed by atoms with Crippen LogP contribution in [0, 0.1) is 0 Å². The van der Waals surface area contributed by atoms with Crippen molar-refractivity contribution in [1.29, 1.82) is 0 Å². The molecule has 0 amide bonds. The summed E-state index contributed by atoms with van der Waals surface area (Å²) < 4.78 is 0. The van der Waals surface area contributed by atoms with E-state index in [2.05, 4.69) is 11.5 Å². The van der Waals surface area contributed by atoms with E-state index in [-0.39, 0.29) is 0 Å². The lowest BCUT2D eigenvalue weighted by Crippen LogP contribution is -1.45. The second-order valence-electron chi connectivity index (χ2n) is 1.06. The van der Waals surface area contributed by atoms with Gasteiger partial charge in [-0.1, -0.05) is 23.2 Å². The van der Waals surface area contributed by atoms with Crippen LogP contribution in [0.3, 0.4) is 0 Å². The molecule has 1 rings (SSSR count). The Morgan fingerprint density at radius 2 is 2.67 bits per heavy atom. The largest absolute Gasteiger partial charge is 0.0845 e. The summed E-state index contributed by atoms with van der Waals surface area (Å²) >= 11 is 1.67. The molecule has 1 heteroatoms. The number of hydrogen-bond donors (Lipinski definition) is 0. The number of rotatable bonds is 0. The Hall–Kier alpha value is -0.350. The van der Waals surface area contributed by atoms with Gasteiger partial charge in [0.1, 0.15) is 0 Å². The lowest BCUT2D eigenvalue weighted by molar-refractivity contribution is 1.73. The van der Waals surface area contributed by atoms with E-state index < -0.39 is 0 Å². The molecule has 6 heavy (non-hydrogen) atoms. The average Bonchev–Trinajstić information content (AvgIpc) is 1.86. The van der Waals surface area contributed by atoms with Gasteiger partial charge < -0.3 is 0 Å². The van der Waals surface area contributed by atoms with Crippen molar-refractivity contribution in [3.05, 3.63) is 21.8 Å². The first-order valence-corrected chi connectivity index (χ1v) is 2.61. The van der Waals surface area contributed by atoms with Crippen molar-refractivity contribution in [2.24, 2.45) is 0 Å². The van der Waals surface area contributed by atoms with Gasteiger partial charge in [-0.15, -0.1) is 0 Å². The van der Waals surface area contributed by atoms with Gasteiger partial charge in [-0.05, 0) is 6.92 Å². The van der Waals surface area contributed by atoms with E-state index in [4.69, 9.17) is 0 Å². The van der Waals surface area contributed by atoms with Gasteiger partial charge in [-0.2, -0.15) is 0 Å². The van der Waals surface area contributed by atoms with Gasteiger partial charge in [0, 0.05) is 10.3 Å². The first-order valence-electron chi connectivity index (χ1n) is 1.73. The molecule has 1 heterocycles. The first-order chi connectivity index (χ1) is 2.89. The molecule has 30 valence electrons. The maximum Gasteiger partial charge on any atom is 0.0369 e. The van der Waals surface area contributed by atoms with E-state index in [1.54, 1.807) is 11.8 Å². The van der Waals surface area contributed by atoms with Crippen molar-refractivity contribution in [3.8, 4) is 0 Å². The van der Waals surface area contributed by atoms with Crippen molar-refractivity contribution >= 4 is 11.8 Å². The van der Waals surface area contributed by atoms with Crippen molar-refractivity contribution < 1.29 is 0 Å². The van der Waals surface area contributed by atoms with Crippen LogP contribution in [0.2, 0.25) is 0 Å². The zero-order chi connectivity index (χ0) is 4.41. The Kier molecular flexibility index (Phi) is 0.894. The fourth-order valence-corrected chi connectivity index (χ4v) is 0.691. The highest BCUT2D eigenvalue weighted by molar-refractivity contribution is 8.05. The van der Waals surface area contributed by atoms with Crippen LogP contribution in [0.25, 0.3) is 0 Å². The maximum absolute atomic E-state index is 2.89. The van der Waals surface area contributed by atoms with Gasteiger partial charge in [-0.3, -0.25) is 0 Å². The van der Waals surface area contributed by atoms with Crippen molar-refractivity contribution in [2.75, 3.05) is 0 Å². The van der Waals surface area contributed by atoms with Gasteiger partial charge in [-0.25, -0.2) is 0 Å². The van der Waals surface area contributed by atoms with Crippen LogP contribution in [0.1, 0.15) is 6.92 Å². The molecular weight excluding hydrogens is 92.1 g/mol. The molecule has 0 aromatic heterocycles. The van der Waals surface area contributed by atoms with Crippen molar-refractivity contribution in [1.82, 2.24) is 0 Å². The molecule has 0 saturated heterocycles. The second kappa shape index (κ2) is 1.40. The third-order valence-electron chi connectivity index (χ3n) is 0.543. The van der Waals surface area contributed by atoms with Crippen LogP contribution in [0.4, 0.5) is 0 Å². The normalized spacial score (nSPS) is 15.8. The zero-order valence-electron chi connectivity index (χ0n) is 3.49. The van der Waals surface area contributed by atoms with Gasteiger partial charge in [0.25, 0.3) is 0 Å². The fraction of sp³-hybridized carbons (Fsp3) is 0.200. The van der Waals surface area contributed by atoms with Crippen LogP contribution in [0.15, 0.2) is 21.8 Å². The van der Waals surface area contributed by atoms with Crippen molar-refractivity contribution in [3.63, 3.8) is 0 Å². The first kappa shape index (κ1) is 3.83. The molecule has 0 saturated carbocycles. The molecule has 0 atom stereocenters. The van der Waals surface area contributed by atoms with Gasteiger partial charge >= 0.3 is 0 Å². The fourth-order valence-electron chi connectivity index (χ4n) is 0.278. The number of thioether (sulfide) groups is 1. The van der Waals surface area contributed by atoms with Crippen molar-refractivity contribution in [2.45, 2.75) is 6.92 Å².